The van der Waals surface area contributed by atoms with Gasteiger partial charge >= 0.3 is 6.18 Å². The highest BCUT2D eigenvalue weighted by molar-refractivity contribution is 8.14. The molecule has 5 nitrogen and oxygen atoms in total. The van der Waals surface area contributed by atoms with Crippen molar-refractivity contribution in [1.82, 2.24) is 4.98 Å². The van der Waals surface area contributed by atoms with Crippen LogP contribution in [0.15, 0.2) is 41.3 Å². The molecule has 0 aliphatic carbocycles. The maximum atomic E-state index is 12.7. The first-order valence-corrected chi connectivity index (χ1v) is 7.20. The van der Waals surface area contributed by atoms with Crippen LogP contribution in [0.5, 0.6) is 5.75 Å². The lowest BCUT2D eigenvalue weighted by Crippen LogP contribution is -2.26. The molecular formula is C15H9F3NO4S-. The molecule has 9 heteroatoms. The first-order valence-electron chi connectivity index (χ1n) is 6.38. The van der Waals surface area contributed by atoms with Crippen molar-refractivity contribution in [2.24, 2.45) is 0 Å². The molecule has 0 amide bonds. The van der Waals surface area contributed by atoms with E-state index >= 15 is 0 Å². The summed E-state index contributed by atoms with van der Waals surface area (Å²) >= 11 is 0.537. The minimum Gasteiger partial charge on any atom is -0.545 e. The average molecular weight is 356 g/mol. The molecule has 0 atom stereocenters. The Morgan fingerprint density at radius 2 is 1.92 bits per heavy atom. The number of rotatable bonds is 4. The Morgan fingerprint density at radius 3 is 2.50 bits per heavy atom. The highest BCUT2D eigenvalue weighted by Crippen LogP contribution is 2.31. The highest BCUT2D eigenvalue weighted by Gasteiger charge is 2.34. The molecule has 0 aliphatic heterocycles. The number of nitrogens with zero attached hydrogens (tertiary/aromatic N) is 1. The molecule has 0 bridgehead atoms. The monoisotopic (exact) mass is 356 g/mol. The Labute approximate surface area is 138 Å². The molecule has 0 fully saturated rings. The van der Waals surface area contributed by atoms with Gasteiger partial charge in [0.25, 0.3) is 0 Å². The Kier molecular flexibility index (Phi) is 5.13. The number of halogens is 3. The Bertz CT molecular complexity index is 793. The van der Waals surface area contributed by atoms with Crippen molar-refractivity contribution in [3.8, 4) is 5.75 Å². The molecular weight excluding hydrogens is 347 g/mol. The fourth-order valence-corrected chi connectivity index (χ4v) is 2.55. The number of ether oxygens (including phenoxy) is 1. The third-order valence-electron chi connectivity index (χ3n) is 2.85. The predicted octanol–water partition coefficient (Wildman–Crippen LogP) is 2.41. The molecule has 0 spiro atoms. The number of hydrogen-bond donors (Lipinski definition) is 0. The minimum atomic E-state index is -4.81. The van der Waals surface area contributed by atoms with Gasteiger partial charge in [0, 0.05) is 10.5 Å². The number of thioether (sulfide) groups is 1. The summed E-state index contributed by atoms with van der Waals surface area (Å²) in [6.45, 7) is 0. The number of aromatic carboxylic acids is 1. The van der Waals surface area contributed by atoms with Crippen molar-refractivity contribution < 1.29 is 32.6 Å². The second kappa shape index (κ2) is 6.91. The van der Waals surface area contributed by atoms with Crippen LogP contribution in [0, 0.1) is 0 Å². The van der Waals surface area contributed by atoms with Crippen LogP contribution in [0.2, 0.25) is 0 Å². The van der Waals surface area contributed by atoms with E-state index in [0.29, 0.717) is 34.5 Å². The largest absolute Gasteiger partial charge is 0.545 e. The fraction of sp³-hybridized carbons (Fsp3) is 0.133. The number of carbonyl (C=O) groups excluding carboxylic acids is 2. The number of carboxylic acid groups (broad SMARTS) is 1. The third kappa shape index (κ3) is 4.05. The van der Waals surface area contributed by atoms with Crippen molar-refractivity contribution in [1.29, 1.82) is 0 Å². The van der Waals surface area contributed by atoms with Gasteiger partial charge in [-0.2, -0.15) is 13.2 Å². The van der Waals surface area contributed by atoms with Crippen LogP contribution in [-0.2, 0) is 6.18 Å². The smallest absolute Gasteiger partial charge is 0.433 e. The number of carbonyl (C=O) groups is 2. The van der Waals surface area contributed by atoms with Crippen molar-refractivity contribution in [2.45, 2.75) is 11.1 Å². The van der Waals surface area contributed by atoms with Crippen LogP contribution in [0.1, 0.15) is 26.5 Å². The number of benzene rings is 1. The molecule has 0 aliphatic rings. The van der Waals surface area contributed by atoms with Crippen molar-refractivity contribution in [2.75, 3.05) is 7.11 Å². The zero-order chi connectivity index (χ0) is 17.9. The summed E-state index contributed by atoms with van der Waals surface area (Å²) in [4.78, 5) is 26.8. The number of alkyl halides is 3. The molecule has 0 saturated carbocycles. The quantitative estimate of drug-likeness (QED) is 0.783. The summed E-state index contributed by atoms with van der Waals surface area (Å²) in [6, 6.07) is 7.34. The van der Waals surface area contributed by atoms with E-state index in [2.05, 4.69) is 4.98 Å². The lowest BCUT2D eigenvalue weighted by atomic mass is 10.2. The number of methoxy groups -OCH3 is 1. The van der Waals surface area contributed by atoms with E-state index in [1.807, 2.05) is 0 Å². The van der Waals surface area contributed by atoms with Gasteiger partial charge in [-0.05, 0) is 42.1 Å². The van der Waals surface area contributed by atoms with Gasteiger partial charge < -0.3 is 14.6 Å². The van der Waals surface area contributed by atoms with Gasteiger partial charge in [-0.3, -0.25) is 4.79 Å². The van der Waals surface area contributed by atoms with Gasteiger partial charge in [-0.25, -0.2) is 4.98 Å². The van der Waals surface area contributed by atoms with E-state index in [1.54, 1.807) is 12.1 Å². The Balaban J connectivity index is 2.40. The summed E-state index contributed by atoms with van der Waals surface area (Å²) in [5, 5.41) is 10.1. The highest BCUT2D eigenvalue weighted by atomic mass is 32.2. The maximum absolute atomic E-state index is 12.7. The molecule has 1 aromatic heterocycles. The first kappa shape index (κ1) is 17.8. The van der Waals surface area contributed by atoms with Gasteiger partial charge in [0.1, 0.15) is 17.1 Å². The number of aromatic nitrogens is 1. The normalized spacial score (nSPS) is 11.2. The zero-order valence-corrected chi connectivity index (χ0v) is 12.9. The van der Waals surface area contributed by atoms with Gasteiger partial charge in [0.05, 0.1) is 13.1 Å². The van der Waals surface area contributed by atoms with Gasteiger partial charge in [-0.1, -0.05) is 6.07 Å². The van der Waals surface area contributed by atoms with Crippen molar-refractivity contribution in [3.63, 3.8) is 0 Å². The third-order valence-corrected chi connectivity index (χ3v) is 3.72. The maximum Gasteiger partial charge on any atom is 0.433 e. The van der Waals surface area contributed by atoms with E-state index in [-0.39, 0.29) is 0 Å². The number of carboxylic acids is 1. The molecule has 2 aromatic rings. The number of hydrogen-bond acceptors (Lipinski definition) is 6. The molecule has 0 radical (unpaired) electrons. The summed E-state index contributed by atoms with van der Waals surface area (Å²) in [5.41, 5.74) is -2.89. The molecule has 0 unspecified atom stereocenters. The summed E-state index contributed by atoms with van der Waals surface area (Å²) in [5.74, 6) is -1.35. The van der Waals surface area contributed by atoms with Crippen LogP contribution >= 0.6 is 11.8 Å². The first-order chi connectivity index (χ1) is 11.2. The van der Waals surface area contributed by atoms with E-state index in [4.69, 9.17) is 4.74 Å². The van der Waals surface area contributed by atoms with Crippen LogP contribution in [-0.4, -0.2) is 23.2 Å². The SMILES string of the molecule is COc1cccc(SC(=O)c2nc(C(F)(F)F)ccc2C(=O)[O-])c1. The second-order valence-corrected chi connectivity index (χ2v) is 5.49. The topological polar surface area (TPSA) is 79.3 Å². The average Bonchev–Trinajstić information content (AvgIpc) is 2.53. The molecule has 1 heterocycles. The lowest BCUT2D eigenvalue weighted by molar-refractivity contribution is -0.255. The summed E-state index contributed by atoms with van der Waals surface area (Å²) in [6.07, 6.45) is -4.81. The Morgan fingerprint density at radius 1 is 1.21 bits per heavy atom. The molecule has 2 rings (SSSR count). The standard InChI is InChI=1S/C15H10F3NO4S/c1-23-8-3-2-4-9(7-8)24-14(22)12-10(13(20)21)5-6-11(19-12)15(16,17)18/h2-7H,1H3,(H,20,21)/p-1. The Hall–Kier alpha value is -2.55. The van der Waals surface area contributed by atoms with E-state index < -0.39 is 34.2 Å². The van der Waals surface area contributed by atoms with Crippen molar-refractivity contribution >= 4 is 22.8 Å². The van der Waals surface area contributed by atoms with E-state index in [9.17, 15) is 27.9 Å². The van der Waals surface area contributed by atoms with Gasteiger partial charge in [-0.15, -0.1) is 0 Å². The molecule has 0 saturated heterocycles. The minimum absolute atomic E-state index is 0.364. The molecule has 24 heavy (non-hydrogen) atoms. The van der Waals surface area contributed by atoms with Crippen LogP contribution in [0.4, 0.5) is 13.2 Å². The molecule has 1 aromatic carbocycles. The van der Waals surface area contributed by atoms with E-state index in [0.717, 1.165) is 0 Å². The number of pyridine rings is 1. The van der Waals surface area contributed by atoms with Crippen LogP contribution in [0.25, 0.3) is 0 Å². The van der Waals surface area contributed by atoms with Crippen molar-refractivity contribution in [3.05, 3.63) is 53.3 Å². The summed E-state index contributed by atoms with van der Waals surface area (Å²) in [7, 11) is 1.41. The summed E-state index contributed by atoms with van der Waals surface area (Å²) < 4.78 is 43.2. The fourth-order valence-electron chi connectivity index (χ4n) is 1.76. The van der Waals surface area contributed by atoms with Crippen LogP contribution in [0.3, 0.4) is 0 Å². The molecule has 126 valence electrons. The van der Waals surface area contributed by atoms with Gasteiger partial charge in [0.15, 0.2) is 0 Å². The second-order valence-electron chi connectivity index (χ2n) is 4.45. The predicted molar refractivity (Wildman–Crippen MR) is 76.8 cm³/mol. The van der Waals surface area contributed by atoms with Gasteiger partial charge in [0.2, 0.25) is 5.12 Å². The van der Waals surface area contributed by atoms with Crippen LogP contribution < -0.4 is 9.84 Å². The zero-order valence-electron chi connectivity index (χ0n) is 12.1. The van der Waals surface area contributed by atoms with E-state index in [1.165, 1.54) is 19.2 Å². The molecule has 0 N–H and O–H groups in total. The lowest BCUT2D eigenvalue weighted by Gasteiger charge is -2.12.